The van der Waals surface area contributed by atoms with Crippen molar-refractivity contribution in [3.63, 3.8) is 0 Å². The van der Waals surface area contributed by atoms with Crippen LogP contribution in [0.4, 0.5) is 17.1 Å². The van der Waals surface area contributed by atoms with Crippen LogP contribution in [-0.4, -0.2) is 63.1 Å². The maximum Gasteiger partial charge on any atom is 0.336 e. The van der Waals surface area contributed by atoms with Crippen LogP contribution in [0.2, 0.25) is 0 Å². The standard InChI is InChI=1S/C41H61N3O4/c1-13-27(6)43(28(7)14-2)33-20-22-35(37(26-33)44(29(8)15-3)30(9)16-4)40(31-18-23-38(47-12)39(24-31)48-17-5)34-21-19-32(42(10)11)25-36(34)41(45)46/h18-30,40H,13-17H2,1-12H3,(H,45,46). The molecule has 0 amide bonds. The lowest BCUT2D eigenvalue weighted by Gasteiger charge is -2.41. The number of methoxy groups -OCH3 is 1. The molecule has 0 aliphatic carbocycles. The van der Waals surface area contributed by atoms with Crippen LogP contribution >= 0.6 is 0 Å². The van der Waals surface area contributed by atoms with Gasteiger partial charge in [-0.15, -0.1) is 0 Å². The summed E-state index contributed by atoms with van der Waals surface area (Å²) in [5, 5.41) is 10.7. The summed E-state index contributed by atoms with van der Waals surface area (Å²) in [6, 6.07) is 19.9. The molecule has 0 radical (unpaired) electrons. The van der Waals surface area contributed by atoms with E-state index in [9.17, 15) is 9.90 Å². The van der Waals surface area contributed by atoms with Crippen LogP contribution in [0, 0.1) is 0 Å². The van der Waals surface area contributed by atoms with Gasteiger partial charge in [-0.25, -0.2) is 4.79 Å². The Labute approximate surface area is 290 Å². The Morgan fingerprint density at radius 3 is 1.73 bits per heavy atom. The van der Waals surface area contributed by atoms with Crippen molar-refractivity contribution in [2.75, 3.05) is 42.5 Å². The Morgan fingerprint density at radius 1 is 0.688 bits per heavy atom. The number of carbonyl (C=O) groups is 1. The Hall–Kier alpha value is -3.87. The topological polar surface area (TPSA) is 65.5 Å². The molecule has 5 atom stereocenters. The molecule has 5 unspecified atom stereocenters. The average Bonchev–Trinajstić information content (AvgIpc) is 3.08. The number of ether oxygens (including phenoxy) is 2. The normalized spacial score (nSPS) is 14.4. The molecular formula is C41H61N3O4. The molecular weight excluding hydrogens is 598 g/mol. The molecule has 7 heteroatoms. The van der Waals surface area contributed by atoms with Crippen LogP contribution in [-0.2, 0) is 0 Å². The maximum absolute atomic E-state index is 13.0. The van der Waals surface area contributed by atoms with E-state index in [2.05, 4.69) is 89.5 Å². The van der Waals surface area contributed by atoms with E-state index in [0.29, 0.717) is 30.2 Å². The first kappa shape index (κ1) is 38.6. The first-order valence-corrected chi connectivity index (χ1v) is 17.9. The van der Waals surface area contributed by atoms with Crippen molar-refractivity contribution in [2.45, 2.75) is 118 Å². The summed E-state index contributed by atoms with van der Waals surface area (Å²) in [6.45, 7) is 20.6. The third kappa shape index (κ3) is 8.40. The van der Waals surface area contributed by atoms with Gasteiger partial charge in [0.2, 0.25) is 0 Å². The number of hydrogen-bond acceptors (Lipinski definition) is 6. The van der Waals surface area contributed by atoms with Crippen LogP contribution in [0.3, 0.4) is 0 Å². The van der Waals surface area contributed by atoms with Crippen molar-refractivity contribution in [2.24, 2.45) is 0 Å². The fraction of sp³-hybridized carbons (Fsp3) is 0.537. The number of carboxylic acids is 1. The van der Waals surface area contributed by atoms with Crippen molar-refractivity contribution in [1.82, 2.24) is 0 Å². The van der Waals surface area contributed by atoms with E-state index in [1.54, 1.807) is 13.2 Å². The predicted molar refractivity (Wildman–Crippen MR) is 203 cm³/mol. The van der Waals surface area contributed by atoms with Gasteiger partial charge in [0, 0.05) is 61.2 Å². The predicted octanol–water partition coefficient (Wildman–Crippen LogP) is 9.85. The highest BCUT2D eigenvalue weighted by molar-refractivity contribution is 5.92. The fourth-order valence-corrected chi connectivity index (χ4v) is 6.73. The molecule has 0 aromatic heterocycles. The highest BCUT2D eigenvalue weighted by atomic mass is 16.5. The van der Waals surface area contributed by atoms with E-state index in [4.69, 9.17) is 9.47 Å². The van der Waals surface area contributed by atoms with Crippen molar-refractivity contribution in [3.05, 3.63) is 76.9 Å². The smallest absolute Gasteiger partial charge is 0.336 e. The van der Waals surface area contributed by atoms with Crippen molar-refractivity contribution in [3.8, 4) is 11.5 Å². The summed E-state index contributed by atoms with van der Waals surface area (Å²) >= 11 is 0. The number of hydrogen-bond donors (Lipinski definition) is 1. The minimum absolute atomic E-state index is 0.264. The zero-order valence-corrected chi connectivity index (χ0v) is 31.6. The number of nitrogens with zero attached hydrogens (tertiary/aromatic N) is 3. The number of rotatable bonds is 18. The quantitative estimate of drug-likeness (QED) is 0.136. The van der Waals surface area contributed by atoms with E-state index in [1.165, 1.54) is 5.69 Å². The molecule has 0 fully saturated rings. The van der Waals surface area contributed by atoms with E-state index in [-0.39, 0.29) is 17.6 Å². The molecule has 0 saturated heterocycles. The molecule has 1 N–H and O–H groups in total. The molecule has 0 aliphatic heterocycles. The molecule has 0 bridgehead atoms. The molecule has 264 valence electrons. The number of anilines is 3. The Bertz CT molecular complexity index is 1470. The van der Waals surface area contributed by atoms with E-state index < -0.39 is 11.9 Å². The Kier molecular flexibility index (Phi) is 14.1. The Morgan fingerprint density at radius 2 is 1.23 bits per heavy atom. The van der Waals surface area contributed by atoms with Crippen LogP contribution in [0.5, 0.6) is 11.5 Å². The molecule has 3 rings (SSSR count). The Balaban J connectivity index is 2.55. The van der Waals surface area contributed by atoms with E-state index >= 15 is 0 Å². The molecule has 0 saturated carbocycles. The summed E-state index contributed by atoms with van der Waals surface area (Å²) in [4.78, 5) is 20.1. The molecule has 0 spiro atoms. The molecule has 0 heterocycles. The third-order valence-corrected chi connectivity index (χ3v) is 10.1. The summed E-state index contributed by atoms with van der Waals surface area (Å²) < 4.78 is 11.7. The summed E-state index contributed by atoms with van der Waals surface area (Å²) in [6.07, 6.45) is 4.04. The summed E-state index contributed by atoms with van der Waals surface area (Å²) in [5.74, 6) is -0.0497. The lowest BCUT2D eigenvalue weighted by atomic mass is 9.80. The first-order chi connectivity index (χ1) is 22.9. The van der Waals surface area contributed by atoms with Crippen LogP contribution in [0.25, 0.3) is 0 Å². The zero-order chi connectivity index (χ0) is 35.7. The first-order valence-electron chi connectivity index (χ1n) is 17.9. The van der Waals surface area contributed by atoms with Gasteiger partial charge in [-0.1, -0.05) is 45.9 Å². The van der Waals surface area contributed by atoms with Crippen LogP contribution in [0.1, 0.15) is 121 Å². The van der Waals surface area contributed by atoms with Gasteiger partial charge in [-0.05, 0) is 113 Å². The lowest BCUT2D eigenvalue weighted by Crippen LogP contribution is -2.42. The average molecular weight is 660 g/mol. The van der Waals surface area contributed by atoms with Crippen molar-refractivity contribution < 1.29 is 19.4 Å². The minimum Gasteiger partial charge on any atom is -0.493 e. The van der Waals surface area contributed by atoms with Crippen molar-refractivity contribution in [1.29, 1.82) is 0 Å². The summed E-state index contributed by atoms with van der Waals surface area (Å²) in [7, 11) is 5.51. The number of benzene rings is 3. The second-order valence-electron chi connectivity index (χ2n) is 13.3. The van der Waals surface area contributed by atoms with E-state index in [1.807, 2.05) is 50.2 Å². The second kappa shape index (κ2) is 17.5. The highest BCUT2D eigenvalue weighted by Gasteiger charge is 2.31. The van der Waals surface area contributed by atoms with Crippen LogP contribution < -0.4 is 24.2 Å². The molecule has 0 aliphatic rings. The van der Waals surface area contributed by atoms with Gasteiger partial charge >= 0.3 is 5.97 Å². The fourth-order valence-electron chi connectivity index (χ4n) is 6.73. The monoisotopic (exact) mass is 659 g/mol. The highest BCUT2D eigenvalue weighted by Crippen LogP contribution is 2.45. The SMILES string of the molecule is CCOc1cc(C(c2ccc(N(C)C)cc2C(=O)O)c2ccc(N(C(C)CC)C(C)CC)cc2N(C(C)CC)C(C)CC)ccc1OC. The number of carboxylic acid groups (broad SMARTS) is 1. The molecule has 7 nitrogen and oxygen atoms in total. The molecule has 3 aromatic rings. The van der Waals surface area contributed by atoms with Gasteiger partial charge in [-0.2, -0.15) is 0 Å². The molecule has 3 aromatic carbocycles. The zero-order valence-electron chi connectivity index (χ0n) is 31.6. The van der Waals surface area contributed by atoms with Crippen molar-refractivity contribution >= 4 is 23.0 Å². The maximum atomic E-state index is 13.0. The van der Waals surface area contributed by atoms with Gasteiger partial charge < -0.3 is 29.3 Å². The van der Waals surface area contributed by atoms with Gasteiger partial charge in [0.1, 0.15) is 0 Å². The minimum atomic E-state index is -0.948. The van der Waals surface area contributed by atoms with E-state index in [0.717, 1.165) is 53.7 Å². The lowest BCUT2D eigenvalue weighted by molar-refractivity contribution is 0.0695. The second-order valence-corrected chi connectivity index (χ2v) is 13.3. The van der Waals surface area contributed by atoms with Crippen LogP contribution in [0.15, 0.2) is 54.6 Å². The summed E-state index contributed by atoms with van der Waals surface area (Å²) in [5.41, 5.74) is 6.22. The van der Waals surface area contributed by atoms with Gasteiger partial charge in [0.15, 0.2) is 11.5 Å². The van der Waals surface area contributed by atoms with Gasteiger partial charge in [0.05, 0.1) is 19.3 Å². The van der Waals surface area contributed by atoms with Gasteiger partial charge in [-0.3, -0.25) is 0 Å². The third-order valence-electron chi connectivity index (χ3n) is 10.1. The molecule has 48 heavy (non-hydrogen) atoms. The van der Waals surface area contributed by atoms with Gasteiger partial charge in [0.25, 0.3) is 0 Å². The number of aromatic carboxylic acids is 1. The largest absolute Gasteiger partial charge is 0.493 e.